The molecule has 4 heteroatoms. The van der Waals surface area contributed by atoms with Crippen LogP contribution < -0.4 is 10.2 Å². The Morgan fingerprint density at radius 3 is 2.65 bits per heavy atom. The molecule has 4 nitrogen and oxygen atoms in total. The van der Waals surface area contributed by atoms with E-state index >= 15 is 0 Å². The number of nitrogens with zero attached hydrogens (tertiary/aromatic N) is 2. The molecule has 0 aromatic heterocycles. The molecule has 0 spiro atoms. The highest BCUT2D eigenvalue weighted by Gasteiger charge is 2.07. The van der Waals surface area contributed by atoms with Gasteiger partial charge in [0.15, 0.2) is 0 Å². The Labute approximate surface area is 102 Å². The molecule has 0 bridgehead atoms. The summed E-state index contributed by atoms with van der Waals surface area (Å²) in [6, 6.07) is 12.0. The molecule has 1 aromatic carbocycles. The number of rotatable bonds is 6. The van der Waals surface area contributed by atoms with Crippen LogP contribution in [-0.4, -0.2) is 26.0 Å². The summed E-state index contributed by atoms with van der Waals surface area (Å²) < 4.78 is 0. The molecule has 0 saturated carbocycles. The summed E-state index contributed by atoms with van der Waals surface area (Å²) in [4.78, 5) is 13.3. The zero-order valence-corrected chi connectivity index (χ0v) is 10.0. The average molecular weight is 231 g/mol. The van der Waals surface area contributed by atoms with Gasteiger partial charge in [-0.2, -0.15) is 5.26 Å². The van der Waals surface area contributed by atoms with E-state index in [4.69, 9.17) is 5.26 Å². The summed E-state index contributed by atoms with van der Waals surface area (Å²) in [5.74, 6) is 0.0166. The molecule has 0 aliphatic carbocycles. The van der Waals surface area contributed by atoms with E-state index in [2.05, 4.69) is 16.3 Å². The molecule has 0 atom stereocenters. The minimum Gasteiger partial charge on any atom is -0.370 e. The van der Waals surface area contributed by atoms with Gasteiger partial charge < -0.3 is 10.2 Å². The molecule has 0 aliphatic heterocycles. The number of benzene rings is 1. The fourth-order valence-corrected chi connectivity index (χ4v) is 1.56. The van der Waals surface area contributed by atoms with Crippen molar-refractivity contribution in [1.82, 2.24) is 5.32 Å². The lowest BCUT2D eigenvalue weighted by molar-refractivity contribution is -0.120. The second kappa shape index (κ2) is 7.29. The number of carbonyl (C=O) groups is 1. The molecule has 1 N–H and O–H groups in total. The van der Waals surface area contributed by atoms with Gasteiger partial charge in [-0.15, -0.1) is 0 Å². The normalized spacial score (nSPS) is 9.41. The van der Waals surface area contributed by atoms with Crippen LogP contribution in [0.15, 0.2) is 30.3 Å². The van der Waals surface area contributed by atoms with Crippen molar-refractivity contribution in [2.45, 2.75) is 12.8 Å². The van der Waals surface area contributed by atoms with Gasteiger partial charge in [-0.05, 0) is 12.1 Å². The largest absolute Gasteiger partial charge is 0.370 e. The Morgan fingerprint density at radius 2 is 2.06 bits per heavy atom. The number of carbonyl (C=O) groups excluding carboxylic acids is 1. The van der Waals surface area contributed by atoms with Crippen LogP contribution in [0.4, 0.5) is 5.69 Å². The Balaban J connectivity index is 2.61. The number of amides is 1. The lowest BCUT2D eigenvalue weighted by Gasteiger charge is -2.23. The highest BCUT2D eigenvalue weighted by molar-refractivity contribution is 5.76. The van der Waals surface area contributed by atoms with Crippen LogP contribution in [0.5, 0.6) is 0 Å². The third-order valence-electron chi connectivity index (χ3n) is 2.50. The number of hydrogen-bond donors (Lipinski definition) is 1. The van der Waals surface area contributed by atoms with Crippen LogP contribution in [0.2, 0.25) is 0 Å². The topological polar surface area (TPSA) is 56.1 Å². The van der Waals surface area contributed by atoms with Gasteiger partial charge in [-0.3, -0.25) is 4.79 Å². The van der Waals surface area contributed by atoms with Crippen molar-refractivity contribution in [2.75, 3.05) is 25.0 Å². The standard InChI is InChI=1S/C13H17N3O/c1-15-13(17)8-11-16(10-5-9-14)12-6-3-2-4-7-12/h2-4,6-7H,5,8,10-11H2,1H3,(H,15,17). The number of anilines is 1. The average Bonchev–Trinajstić information content (AvgIpc) is 2.39. The highest BCUT2D eigenvalue weighted by atomic mass is 16.1. The highest BCUT2D eigenvalue weighted by Crippen LogP contribution is 2.13. The maximum Gasteiger partial charge on any atom is 0.221 e. The summed E-state index contributed by atoms with van der Waals surface area (Å²) in [6.07, 6.45) is 0.902. The molecule has 1 rings (SSSR count). The van der Waals surface area contributed by atoms with Gasteiger partial charge in [0.2, 0.25) is 5.91 Å². The maximum absolute atomic E-state index is 11.2. The summed E-state index contributed by atoms with van der Waals surface area (Å²) in [6.45, 7) is 1.28. The number of hydrogen-bond acceptors (Lipinski definition) is 3. The van der Waals surface area contributed by atoms with E-state index in [1.54, 1.807) is 7.05 Å². The molecular formula is C13H17N3O. The van der Waals surface area contributed by atoms with E-state index < -0.39 is 0 Å². The van der Waals surface area contributed by atoms with E-state index in [9.17, 15) is 4.79 Å². The van der Waals surface area contributed by atoms with Crippen molar-refractivity contribution in [3.8, 4) is 6.07 Å². The van der Waals surface area contributed by atoms with Crippen LogP contribution in [0.1, 0.15) is 12.8 Å². The number of nitrogens with one attached hydrogen (secondary N) is 1. The lowest BCUT2D eigenvalue weighted by Crippen LogP contribution is -2.30. The maximum atomic E-state index is 11.2. The lowest BCUT2D eigenvalue weighted by atomic mass is 10.2. The molecule has 0 saturated heterocycles. The molecule has 0 heterocycles. The van der Waals surface area contributed by atoms with Crippen molar-refractivity contribution >= 4 is 11.6 Å². The third-order valence-corrected chi connectivity index (χ3v) is 2.50. The summed E-state index contributed by atoms with van der Waals surface area (Å²) >= 11 is 0. The smallest absolute Gasteiger partial charge is 0.221 e. The molecule has 0 aliphatic rings. The second-order valence-electron chi connectivity index (χ2n) is 3.65. The molecule has 90 valence electrons. The Bertz CT molecular complexity index is 383. The van der Waals surface area contributed by atoms with Gasteiger partial charge >= 0.3 is 0 Å². The first-order valence-corrected chi connectivity index (χ1v) is 5.65. The van der Waals surface area contributed by atoms with Gasteiger partial charge in [0, 0.05) is 32.2 Å². The molecular weight excluding hydrogens is 214 g/mol. The van der Waals surface area contributed by atoms with Crippen molar-refractivity contribution in [2.24, 2.45) is 0 Å². The molecule has 1 aromatic rings. The monoisotopic (exact) mass is 231 g/mol. The number of para-hydroxylation sites is 1. The molecule has 0 radical (unpaired) electrons. The van der Waals surface area contributed by atoms with Crippen LogP contribution >= 0.6 is 0 Å². The third kappa shape index (κ3) is 4.56. The van der Waals surface area contributed by atoms with E-state index in [0.717, 1.165) is 5.69 Å². The van der Waals surface area contributed by atoms with E-state index in [-0.39, 0.29) is 5.91 Å². The van der Waals surface area contributed by atoms with Gasteiger partial charge in [0.1, 0.15) is 0 Å². The van der Waals surface area contributed by atoms with Crippen LogP contribution in [0, 0.1) is 11.3 Å². The van der Waals surface area contributed by atoms with Crippen LogP contribution in [0.3, 0.4) is 0 Å². The minimum atomic E-state index is 0.0166. The first kappa shape index (κ1) is 13.0. The van der Waals surface area contributed by atoms with Crippen LogP contribution in [0.25, 0.3) is 0 Å². The first-order valence-electron chi connectivity index (χ1n) is 5.65. The summed E-state index contributed by atoms with van der Waals surface area (Å²) in [7, 11) is 1.63. The molecule has 17 heavy (non-hydrogen) atoms. The van der Waals surface area contributed by atoms with Gasteiger partial charge in [0.25, 0.3) is 0 Å². The second-order valence-corrected chi connectivity index (χ2v) is 3.65. The zero-order valence-electron chi connectivity index (χ0n) is 10.0. The Kier molecular flexibility index (Phi) is 5.59. The van der Waals surface area contributed by atoms with Gasteiger partial charge in [0.05, 0.1) is 12.5 Å². The van der Waals surface area contributed by atoms with E-state index in [0.29, 0.717) is 25.9 Å². The molecule has 1 amide bonds. The Morgan fingerprint density at radius 1 is 1.35 bits per heavy atom. The van der Waals surface area contributed by atoms with Gasteiger partial charge in [-0.25, -0.2) is 0 Å². The first-order chi connectivity index (χ1) is 8.27. The minimum absolute atomic E-state index is 0.0166. The van der Waals surface area contributed by atoms with Gasteiger partial charge in [-0.1, -0.05) is 18.2 Å². The van der Waals surface area contributed by atoms with Crippen molar-refractivity contribution in [1.29, 1.82) is 5.26 Å². The van der Waals surface area contributed by atoms with E-state index in [1.807, 2.05) is 30.3 Å². The van der Waals surface area contributed by atoms with Crippen molar-refractivity contribution < 1.29 is 4.79 Å². The fourth-order valence-electron chi connectivity index (χ4n) is 1.56. The molecule has 0 unspecified atom stereocenters. The predicted octanol–water partition coefficient (Wildman–Crippen LogP) is 1.54. The summed E-state index contributed by atoms with van der Waals surface area (Å²) in [5, 5.41) is 11.2. The van der Waals surface area contributed by atoms with Crippen molar-refractivity contribution in [3.63, 3.8) is 0 Å². The molecule has 0 fully saturated rings. The van der Waals surface area contributed by atoms with E-state index in [1.165, 1.54) is 0 Å². The van der Waals surface area contributed by atoms with Crippen LogP contribution in [-0.2, 0) is 4.79 Å². The predicted molar refractivity (Wildman–Crippen MR) is 67.6 cm³/mol. The van der Waals surface area contributed by atoms with Crippen molar-refractivity contribution in [3.05, 3.63) is 30.3 Å². The SMILES string of the molecule is CNC(=O)CCN(CCC#N)c1ccccc1. The quantitative estimate of drug-likeness (QED) is 0.808. The fraction of sp³-hybridized carbons (Fsp3) is 0.385. The Hall–Kier alpha value is -2.02. The summed E-state index contributed by atoms with van der Waals surface area (Å²) in [5.41, 5.74) is 1.05. The number of nitriles is 1. The zero-order chi connectivity index (χ0) is 12.5.